The van der Waals surface area contributed by atoms with Gasteiger partial charge in [0.2, 0.25) is 5.75 Å². The van der Waals surface area contributed by atoms with Gasteiger partial charge in [0.1, 0.15) is 0 Å². The van der Waals surface area contributed by atoms with Gasteiger partial charge in [-0.1, -0.05) is 39.0 Å². The van der Waals surface area contributed by atoms with Crippen LogP contribution in [0.2, 0.25) is 0 Å². The fourth-order valence-corrected chi connectivity index (χ4v) is 2.54. The molecule has 0 bridgehead atoms. The first-order valence-corrected chi connectivity index (χ1v) is 7.74. The second kappa shape index (κ2) is 9.50. The SMILES string of the molecule is CCCCCCCC(N)c1ccc(OC)c(OC)c1OC. The zero-order chi connectivity index (χ0) is 15.7. The van der Waals surface area contributed by atoms with Crippen LogP contribution >= 0.6 is 0 Å². The lowest BCUT2D eigenvalue weighted by atomic mass is 9.99. The Morgan fingerprint density at radius 1 is 0.905 bits per heavy atom. The minimum atomic E-state index is -0.0404. The molecule has 120 valence electrons. The van der Waals surface area contributed by atoms with E-state index in [9.17, 15) is 0 Å². The third kappa shape index (κ3) is 4.81. The van der Waals surface area contributed by atoms with E-state index in [2.05, 4.69) is 6.92 Å². The standard InChI is InChI=1S/C17H29NO3/c1-5-6-7-8-9-10-14(18)13-11-12-15(19-2)17(21-4)16(13)20-3/h11-12,14H,5-10,18H2,1-4H3. The van der Waals surface area contributed by atoms with Gasteiger partial charge in [-0.05, 0) is 18.6 Å². The van der Waals surface area contributed by atoms with Crippen LogP contribution in [0.1, 0.15) is 57.1 Å². The van der Waals surface area contributed by atoms with Gasteiger partial charge < -0.3 is 19.9 Å². The normalized spacial score (nSPS) is 12.0. The number of ether oxygens (including phenoxy) is 3. The van der Waals surface area contributed by atoms with Gasteiger partial charge in [0, 0.05) is 11.6 Å². The summed E-state index contributed by atoms with van der Waals surface area (Å²) in [5, 5.41) is 0. The maximum absolute atomic E-state index is 6.32. The van der Waals surface area contributed by atoms with Crippen molar-refractivity contribution in [3.63, 3.8) is 0 Å². The van der Waals surface area contributed by atoms with Crippen LogP contribution in [0, 0.1) is 0 Å². The van der Waals surface area contributed by atoms with Gasteiger partial charge >= 0.3 is 0 Å². The monoisotopic (exact) mass is 295 g/mol. The molecular formula is C17H29NO3. The van der Waals surface area contributed by atoms with Crippen molar-refractivity contribution in [3.05, 3.63) is 17.7 Å². The van der Waals surface area contributed by atoms with Gasteiger partial charge in [-0.15, -0.1) is 0 Å². The molecule has 1 atom stereocenters. The highest BCUT2D eigenvalue weighted by Crippen LogP contribution is 2.42. The molecular weight excluding hydrogens is 266 g/mol. The number of benzene rings is 1. The van der Waals surface area contributed by atoms with E-state index < -0.39 is 0 Å². The Morgan fingerprint density at radius 3 is 2.14 bits per heavy atom. The summed E-state index contributed by atoms with van der Waals surface area (Å²) in [5.41, 5.74) is 7.30. The molecule has 4 nitrogen and oxygen atoms in total. The van der Waals surface area contributed by atoms with Crippen molar-refractivity contribution in [2.24, 2.45) is 5.73 Å². The Morgan fingerprint density at radius 2 is 1.57 bits per heavy atom. The van der Waals surface area contributed by atoms with Gasteiger partial charge in [0.15, 0.2) is 11.5 Å². The Kier molecular flexibility index (Phi) is 7.98. The Labute approximate surface area is 128 Å². The predicted octanol–water partition coefficient (Wildman–Crippen LogP) is 4.07. The van der Waals surface area contributed by atoms with Crippen LogP contribution in [0.25, 0.3) is 0 Å². The van der Waals surface area contributed by atoms with E-state index in [0.717, 1.165) is 18.4 Å². The topological polar surface area (TPSA) is 53.7 Å². The quantitative estimate of drug-likeness (QED) is 0.661. The van der Waals surface area contributed by atoms with E-state index >= 15 is 0 Å². The fraction of sp³-hybridized carbons (Fsp3) is 0.647. The van der Waals surface area contributed by atoms with E-state index in [0.29, 0.717) is 17.2 Å². The van der Waals surface area contributed by atoms with Crippen molar-refractivity contribution in [1.82, 2.24) is 0 Å². The molecule has 0 aliphatic heterocycles. The lowest BCUT2D eigenvalue weighted by Gasteiger charge is -2.19. The van der Waals surface area contributed by atoms with Crippen molar-refractivity contribution in [2.45, 2.75) is 51.5 Å². The van der Waals surface area contributed by atoms with Gasteiger partial charge in [-0.2, -0.15) is 0 Å². The van der Waals surface area contributed by atoms with Gasteiger partial charge in [-0.25, -0.2) is 0 Å². The molecule has 0 aromatic heterocycles. The van der Waals surface area contributed by atoms with Crippen molar-refractivity contribution in [1.29, 1.82) is 0 Å². The second-order valence-corrected chi connectivity index (χ2v) is 5.23. The zero-order valence-electron chi connectivity index (χ0n) is 13.8. The van der Waals surface area contributed by atoms with Gasteiger partial charge in [0.25, 0.3) is 0 Å². The molecule has 0 heterocycles. The molecule has 1 rings (SSSR count). The van der Waals surface area contributed by atoms with E-state index in [1.54, 1.807) is 21.3 Å². The highest BCUT2D eigenvalue weighted by molar-refractivity contribution is 5.56. The first-order valence-electron chi connectivity index (χ1n) is 7.74. The third-order valence-corrected chi connectivity index (χ3v) is 3.75. The summed E-state index contributed by atoms with van der Waals surface area (Å²) in [5.74, 6) is 1.95. The summed E-state index contributed by atoms with van der Waals surface area (Å²) in [6.45, 7) is 2.22. The molecule has 1 unspecified atom stereocenters. The molecule has 4 heteroatoms. The van der Waals surface area contributed by atoms with Gasteiger partial charge in [0.05, 0.1) is 21.3 Å². The number of hydrogen-bond acceptors (Lipinski definition) is 4. The maximum atomic E-state index is 6.32. The number of unbranched alkanes of at least 4 members (excludes halogenated alkanes) is 4. The third-order valence-electron chi connectivity index (χ3n) is 3.75. The Bertz CT molecular complexity index is 421. The average Bonchev–Trinajstić information content (AvgIpc) is 2.52. The van der Waals surface area contributed by atoms with Crippen LogP contribution in [-0.4, -0.2) is 21.3 Å². The van der Waals surface area contributed by atoms with Crippen LogP contribution in [0.3, 0.4) is 0 Å². The molecule has 0 radical (unpaired) electrons. The Hall–Kier alpha value is -1.42. The number of nitrogens with two attached hydrogens (primary N) is 1. The molecule has 0 saturated carbocycles. The predicted molar refractivity (Wildman–Crippen MR) is 86.4 cm³/mol. The summed E-state index contributed by atoms with van der Waals surface area (Å²) < 4.78 is 16.2. The summed E-state index contributed by atoms with van der Waals surface area (Å²) in [6.07, 6.45) is 7.17. The van der Waals surface area contributed by atoms with Crippen molar-refractivity contribution < 1.29 is 14.2 Å². The number of rotatable bonds is 10. The molecule has 21 heavy (non-hydrogen) atoms. The van der Waals surface area contributed by atoms with E-state index in [1.807, 2.05) is 12.1 Å². The summed E-state index contributed by atoms with van der Waals surface area (Å²) >= 11 is 0. The zero-order valence-corrected chi connectivity index (χ0v) is 13.8. The molecule has 1 aromatic rings. The van der Waals surface area contributed by atoms with Crippen LogP contribution in [-0.2, 0) is 0 Å². The minimum Gasteiger partial charge on any atom is -0.493 e. The van der Waals surface area contributed by atoms with Crippen molar-refractivity contribution >= 4 is 0 Å². The molecule has 0 aliphatic carbocycles. The first-order chi connectivity index (χ1) is 10.2. The summed E-state index contributed by atoms with van der Waals surface area (Å²) in [4.78, 5) is 0. The minimum absolute atomic E-state index is 0.0404. The van der Waals surface area contributed by atoms with Crippen molar-refractivity contribution in [3.8, 4) is 17.2 Å². The first kappa shape index (κ1) is 17.6. The fourth-order valence-electron chi connectivity index (χ4n) is 2.54. The number of hydrogen-bond donors (Lipinski definition) is 1. The maximum Gasteiger partial charge on any atom is 0.203 e. The average molecular weight is 295 g/mol. The highest BCUT2D eigenvalue weighted by Gasteiger charge is 2.19. The Balaban J connectivity index is 2.77. The lowest BCUT2D eigenvalue weighted by molar-refractivity contribution is 0.320. The van der Waals surface area contributed by atoms with Crippen LogP contribution in [0.15, 0.2) is 12.1 Å². The second-order valence-electron chi connectivity index (χ2n) is 5.23. The van der Waals surface area contributed by atoms with E-state index in [4.69, 9.17) is 19.9 Å². The van der Waals surface area contributed by atoms with Gasteiger partial charge in [-0.3, -0.25) is 0 Å². The summed E-state index contributed by atoms with van der Waals surface area (Å²) in [6, 6.07) is 3.81. The molecule has 2 N–H and O–H groups in total. The molecule has 0 aliphatic rings. The molecule has 0 amide bonds. The van der Waals surface area contributed by atoms with E-state index in [-0.39, 0.29) is 6.04 Å². The molecule has 1 aromatic carbocycles. The molecule has 0 fully saturated rings. The number of methoxy groups -OCH3 is 3. The van der Waals surface area contributed by atoms with Crippen LogP contribution in [0.5, 0.6) is 17.2 Å². The van der Waals surface area contributed by atoms with Crippen LogP contribution in [0.4, 0.5) is 0 Å². The van der Waals surface area contributed by atoms with Crippen LogP contribution < -0.4 is 19.9 Å². The smallest absolute Gasteiger partial charge is 0.203 e. The van der Waals surface area contributed by atoms with E-state index in [1.165, 1.54) is 25.7 Å². The highest BCUT2D eigenvalue weighted by atomic mass is 16.5. The largest absolute Gasteiger partial charge is 0.493 e. The molecule has 0 saturated heterocycles. The molecule has 0 spiro atoms. The van der Waals surface area contributed by atoms with Crippen molar-refractivity contribution in [2.75, 3.05) is 21.3 Å². The lowest BCUT2D eigenvalue weighted by Crippen LogP contribution is -2.12. The summed E-state index contributed by atoms with van der Waals surface area (Å²) in [7, 11) is 4.86.